The highest BCUT2D eigenvalue weighted by molar-refractivity contribution is 7.92. The summed E-state index contributed by atoms with van der Waals surface area (Å²) in [6, 6.07) is 8.97. The van der Waals surface area contributed by atoms with Gasteiger partial charge in [-0.2, -0.15) is 0 Å². The molecule has 31 heavy (non-hydrogen) atoms. The Labute approximate surface area is 184 Å². The van der Waals surface area contributed by atoms with Crippen LogP contribution < -0.4 is 23.8 Å². The summed E-state index contributed by atoms with van der Waals surface area (Å²) in [7, 11) is 0.758. The van der Waals surface area contributed by atoms with E-state index in [1.165, 1.54) is 21.1 Å². The molecule has 2 aromatic carbocycles. The van der Waals surface area contributed by atoms with E-state index < -0.39 is 28.0 Å². The molecule has 0 bridgehead atoms. The maximum atomic E-state index is 13.1. The number of nitrogens with zero attached hydrogens (tertiary/aromatic N) is 1. The zero-order chi connectivity index (χ0) is 23.3. The second-order valence-corrected chi connectivity index (χ2v) is 9.11. The van der Waals surface area contributed by atoms with Crippen LogP contribution in [-0.2, 0) is 14.8 Å². The van der Waals surface area contributed by atoms with Crippen LogP contribution in [0.3, 0.4) is 0 Å². The second kappa shape index (κ2) is 9.91. The molecule has 1 amide bonds. The van der Waals surface area contributed by atoms with Gasteiger partial charge in [-0.1, -0.05) is 6.07 Å². The molecule has 0 aliphatic rings. The van der Waals surface area contributed by atoms with Gasteiger partial charge in [-0.15, -0.1) is 0 Å². The number of ether oxygens (including phenoxy) is 3. The summed E-state index contributed by atoms with van der Waals surface area (Å²) in [5.41, 5.74) is 1.85. The van der Waals surface area contributed by atoms with Gasteiger partial charge >= 0.3 is 0 Å². The van der Waals surface area contributed by atoms with Gasteiger partial charge in [0, 0.05) is 5.56 Å². The first-order valence-corrected chi connectivity index (χ1v) is 11.5. The molecule has 0 saturated carbocycles. The van der Waals surface area contributed by atoms with Crippen molar-refractivity contribution in [2.24, 2.45) is 0 Å². The molecule has 0 fully saturated rings. The molecule has 0 aliphatic heterocycles. The summed E-state index contributed by atoms with van der Waals surface area (Å²) in [4.78, 5) is 13.1. The zero-order valence-electron chi connectivity index (χ0n) is 18.9. The van der Waals surface area contributed by atoms with Crippen LogP contribution in [0.2, 0.25) is 0 Å². The molecule has 0 spiro atoms. The van der Waals surface area contributed by atoms with Crippen LogP contribution in [0.15, 0.2) is 36.4 Å². The van der Waals surface area contributed by atoms with Crippen molar-refractivity contribution in [3.63, 3.8) is 0 Å². The third-order valence-corrected chi connectivity index (χ3v) is 6.15. The van der Waals surface area contributed by atoms with Crippen LogP contribution >= 0.6 is 0 Å². The normalized spacial score (nSPS) is 13.1. The number of anilines is 1. The molecular weight excluding hydrogens is 420 g/mol. The summed E-state index contributed by atoms with van der Waals surface area (Å²) < 4.78 is 42.4. The monoisotopic (exact) mass is 450 g/mol. The minimum absolute atomic E-state index is 0.305. The van der Waals surface area contributed by atoms with Crippen LogP contribution in [-0.4, -0.2) is 48.0 Å². The lowest BCUT2D eigenvalue weighted by Gasteiger charge is -2.30. The van der Waals surface area contributed by atoms with E-state index >= 15 is 0 Å². The van der Waals surface area contributed by atoms with E-state index in [4.69, 9.17) is 14.2 Å². The van der Waals surface area contributed by atoms with Crippen molar-refractivity contribution in [3.05, 3.63) is 47.5 Å². The number of rotatable bonds is 9. The highest BCUT2D eigenvalue weighted by Crippen LogP contribution is 2.33. The van der Waals surface area contributed by atoms with Crippen molar-refractivity contribution < 1.29 is 27.4 Å². The van der Waals surface area contributed by atoms with E-state index in [0.717, 1.165) is 16.1 Å². The van der Waals surface area contributed by atoms with E-state index in [-0.39, 0.29) is 0 Å². The minimum Gasteiger partial charge on any atom is -0.497 e. The smallest absolute Gasteiger partial charge is 0.244 e. The average molecular weight is 451 g/mol. The Balaban J connectivity index is 2.38. The van der Waals surface area contributed by atoms with Crippen LogP contribution in [0, 0.1) is 6.92 Å². The fourth-order valence-corrected chi connectivity index (χ4v) is 4.51. The molecule has 9 heteroatoms. The Morgan fingerprint density at radius 3 is 2.13 bits per heavy atom. The number of carbonyl (C=O) groups excluding carboxylic acids is 1. The Morgan fingerprint density at radius 2 is 1.58 bits per heavy atom. The predicted molar refractivity (Wildman–Crippen MR) is 121 cm³/mol. The fourth-order valence-electron chi connectivity index (χ4n) is 3.34. The highest BCUT2D eigenvalue weighted by Gasteiger charge is 2.32. The molecule has 2 atom stereocenters. The van der Waals surface area contributed by atoms with E-state index in [9.17, 15) is 13.2 Å². The van der Waals surface area contributed by atoms with E-state index in [1.54, 1.807) is 44.4 Å². The third-order valence-electron chi connectivity index (χ3n) is 4.92. The molecule has 0 aliphatic carbocycles. The van der Waals surface area contributed by atoms with E-state index in [0.29, 0.717) is 28.5 Å². The van der Waals surface area contributed by atoms with Gasteiger partial charge in [0.05, 0.1) is 39.3 Å². The van der Waals surface area contributed by atoms with Gasteiger partial charge in [0.2, 0.25) is 15.9 Å². The summed E-state index contributed by atoms with van der Waals surface area (Å²) >= 11 is 0. The predicted octanol–water partition coefficient (Wildman–Crippen LogP) is 3.05. The first kappa shape index (κ1) is 24.3. The van der Waals surface area contributed by atoms with E-state index in [2.05, 4.69) is 5.32 Å². The van der Waals surface area contributed by atoms with Gasteiger partial charge in [-0.05, 0) is 56.7 Å². The van der Waals surface area contributed by atoms with Gasteiger partial charge in [0.15, 0.2) is 0 Å². The van der Waals surface area contributed by atoms with Crippen molar-refractivity contribution in [3.8, 4) is 17.2 Å². The SMILES string of the molecule is COc1ccc(OC)c([C@@H](C)NC(=O)[C@@H](C)N(c2cc(C)ccc2OC)S(C)(=O)=O)c1. The number of benzene rings is 2. The number of hydrogen-bond donors (Lipinski definition) is 1. The lowest BCUT2D eigenvalue weighted by molar-refractivity contribution is -0.122. The summed E-state index contributed by atoms with van der Waals surface area (Å²) in [6.45, 7) is 5.17. The van der Waals surface area contributed by atoms with Gasteiger partial charge in [0.25, 0.3) is 0 Å². The molecule has 2 rings (SSSR count). The number of carbonyl (C=O) groups is 1. The largest absolute Gasteiger partial charge is 0.497 e. The third kappa shape index (κ3) is 5.61. The molecule has 1 N–H and O–H groups in total. The Morgan fingerprint density at radius 1 is 0.968 bits per heavy atom. The van der Waals surface area contributed by atoms with Crippen molar-refractivity contribution in [1.82, 2.24) is 5.32 Å². The maximum Gasteiger partial charge on any atom is 0.244 e. The summed E-state index contributed by atoms with van der Waals surface area (Å²) in [5.74, 6) is 1.10. The lowest BCUT2D eigenvalue weighted by Crippen LogP contribution is -2.48. The number of amides is 1. The van der Waals surface area contributed by atoms with Gasteiger partial charge in [-0.3, -0.25) is 9.10 Å². The average Bonchev–Trinajstić information content (AvgIpc) is 2.72. The number of hydrogen-bond acceptors (Lipinski definition) is 6. The fraction of sp³-hybridized carbons (Fsp3) is 0.409. The molecule has 8 nitrogen and oxygen atoms in total. The molecule has 170 valence electrons. The highest BCUT2D eigenvalue weighted by atomic mass is 32.2. The van der Waals surface area contributed by atoms with Crippen molar-refractivity contribution in [1.29, 1.82) is 0 Å². The molecule has 0 aromatic heterocycles. The standard InChI is InChI=1S/C22H30N2O6S/c1-14-8-10-21(30-6)19(12-14)24(31(7,26)27)16(3)22(25)23-15(2)18-13-17(28-4)9-11-20(18)29-5/h8-13,15-16H,1-7H3,(H,23,25)/t15-,16-/m1/s1. The zero-order valence-corrected chi connectivity index (χ0v) is 19.7. The molecule has 0 unspecified atom stereocenters. The maximum absolute atomic E-state index is 13.1. The Hall–Kier alpha value is -2.94. The lowest BCUT2D eigenvalue weighted by atomic mass is 10.1. The molecular formula is C22H30N2O6S. The quantitative estimate of drug-likeness (QED) is 0.631. The number of sulfonamides is 1. The topological polar surface area (TPSA) is 94.2 Å². The van der Waals surface area contributed by atoms with Crippen molar-refractivity contribution in [2.75, 3.05) is 31.9 Å². The van der Waals surface area contributed by atoms with E-state index in [1.807, 2.05) is 13.0 Å². The second-order valence-electron chi connectivity index (χ2n) is 7.25. The van der Waals surface area contributed by atoms with Gasteiger partial charge < -0.3 is 19.5 Å². The van der Waals surface area contributed by atoms with Gasteiger partial charge in [0.1, 0.15) is 23.3 Å². The first-order chi connectivity index (χ1) is 14.5. The first-order valence-electron chi connectivity index (χ1n) is 9.69. The molecule has 0 radical (unpaired) electrons. The Kier molecular flexibility index (Phi) is 7.78. The van der Waals surface area contributed by atoms with Crippen LogP contribution in [0.5, 0.6) is 17.2 Å². The van der Waals surface area contributed by atoms with Crippen molar-refractivity contribution >= 4 is 21.6 Å². The number of aryl methyl sites for hydroxylation is 1. The van der Waals surface area contributed by atoms with Crippen molar-refractivity contribution in [2.45, 2.75) is 32.9 Å². The Bertz CT molecular complexity index is 1040. The number of nitrogens with one attached hydrogen (secondary N) is 1. The molecule has 2 aromatic rings. The van der Waals surface area contributed by atoms with Gasteiger partial charge in [-0.25, -0.2) is 8.42 Å². The van der Waals surface area contributed by atoms with Crippen LogP contribution in [0.1, 0.15) is 31.0 Å². The summed E-state index contributed by atoms with van der Waals surface area (Å²) in [6.07, 6.45) is 1.06. The number of methoxy groups -OCH3 is 3. The summed E-state index contributed by atoms with van der Waals surface area (Å²) in [5, 5.41) is 2.87. The van der Waals surface area contributed by atoms with Crippen LogP contribution in [0.25, 0.3) is 0 Å². The minimum atomic E-state index is -3.79. The van der Waals surface area contributed by atoms with Crippen LogP contribution in [0.4, 0.5) is 5.69 Å². The molecule has 0 saturated heterocycles. The molecule has 0 heterocycles.